The van der Waals surface area contributed by atoms with Gasteiger partial charge < -0.3 is 19.7 Å². The third-order valence-corrected chi connectivity index (χ3v) is 8.08. The maximum absolute atomic E-state index is 13.2. The van der Waals surface area contributed by atoms with Gasteiger partial charge >= 0.3 is 6.18 Å². The number of rotatable bonds is 9. The summed E-state index contributed by atoms with van der Waals surface area (Å²) in [6, 6.07) is 14.9. The van der Waals surface area contributed by atoms with Crippen LogP contribution in [0, 0.1) is 12.8 Å². The zero-order valence-corrected chi connectivity index (χ0v) is 25.2. The van der Waals surface area contributed by atoms with Gasteiger partial charge in [-0.15, -0.1) is 5.73 Å². The fourth-order valence-corrected chi connectivity index (χ4v) is 5.54. The molecule has 1 aliphatic heterocycles. The van der Waals surface area contributed by atoms with E-state index in [0.717, 1.165) is 53.0 Å². The Morgan fingerprint density at radius 3 is 2.44 bits per heavy atom. The molecule has 0 spiro atoms. The summed E-state index contributed by atoms with van der Waals surface area (Å²) in [6.45, 7) is 4.16. The summed E-state index contributed by atoms with van der Waals surface area (Å²) in [4.78, 5) is 27.8. The lowest BCUT2D eigenvalue weighted by atomic mass is 9.99. The third-order valence-electron chi connectivity index (χ3n) is 8.08. The Hall–Kier alpha value is -4.59. The van der Waals surface area contributed by atoms with Crippen LogP contribution in [-0.2, 0) is 10.9 Å². The summed E-state index contributed by atoms with van der Waals surface area (Å²) in [5.74, 6) is 0.841. The number of likely N-dealkylation sites (tertiary alicyclic amines) is 1. The van der Waals surface area contributed by atoms with Crippen LogP contribution in [0.5, 0.6) is 11.5 Å². The highest BCUT2D eigenvalue weighted by Gasteiger charge is 2.30. The number of allylic oxidation sites excluding steroid dienone is 3. The van der Waals surface area contributed by atoms with Crippen molar-refractivity contribution >= 4 is 23.6 Å². The van der Waals surface area contributed by atoms with Crippen molar-refractivity contribution in [2.24, 2.45) is 5.92 Å². The number of nitrogens with one attached hydrogen (secondary N) is 1. The van der Waals surface area contributed by atoms with E-state index in [2.05, 4.69) is 23.2 Å². The van der Waals surface area contributed by atoms with Crippen LogP contribution in [0.3, 0.4) is 0 Å². The number of methoxy groups -OCH3 is 1. The van der Waals surface area contributed by atoms with E-state index in [0.29, 0.717) is 49.0 Å². The molecular weight excluding hydrogens is 581 g/mol. The first-order chi connectivity index (χ1) is 21.6. The van der Waals surface area contributed by atoms with Gasteiger partial charge in [-0.1, -0.05) is 12.2 Å². The van der Waals surface area contributed by atoms with Crippen LogP contribution in [0.4, 0.5) is 13.2 Å². The molecule has 1 atom stereocenters. The van der Waals surface area contributed by atoms with Gasteiger partial charge in [-0.3, -0.25) is 9.59 Å². The molecule has 3 aromatic rings. The molecule has 45 heavy (non-hydrogen) atoms. The van der Waals surface area contributed by atoms with Gasteiger partial charge in [0, 0.05) is 43.1 Å². The Kier molecular flexibility index (Phi) is 9.91. The van der Waals surface area contributed by atoms with Gasteiger partial charge in [0.2, 0.25) is 0 Å². The number of halogens is 3. The molecule has 0 saturated carbocycles. The minimum atomic E-state index is -4.41. The number of benzene rings is 3. The Bertz CT molecular complexity index is 1740. The maximum Gasteiger partial charge on any atom is 0.416 e. The standard InChI is InChI=1S/C36H35F3N2O4/c1-24-32(34(42)40-19-21-44-2)17-10-27-5-3-4-25(22-33(24)27)6-7-26-18-20-41(23-26)35(43)28-8-13-30(14-9-28)45-31-15-11-29(12-16-31)36(37,38)39/h3,6,8-17,22,26H,4,7,18-21,23H2,1-2H3,(H,40,42). The summed E-state index contributed by atoms with van der Waals surface area (Å²) in [7, 11) is 1.60. The summed E-state index contributed by atoms with van der Waals surface area (Å²) >= 11 is 0. The fraction of sp³-hybridized carbons (Fsp3) is 0.306. The first-order valence-corrected chi connectivity index (χ1v) is 14.9. The number of carbonyl (C=O) groups excluding carboxylic acids is 2. The molecule has 0 bridgehead atoms. The maximum atomic E-state index is 13.2. The van der Waals surface area contributed by atoms with E-state index in [-0.39, 0.29) is 17.6 Å². The van der Waals surface area contributed by atoms with Crippen molar-refractivity contribution in [1.29, 1.82) is 0 Å². The number of nitrogens with zero attached hydrogens (tertiary/aromatic N) is 1. The molecule has 9 heteroatoms. The van der Waals surface area contributed by atoms with Crippen molar-refractivity contribution in [3.63, 3.8) is 0 Å². The molecule has 1 fully saturated rings. The van der Waals surface area contributed by atoms with E-state index in [1.807, 2.05) is 30.0 Å². The summed E-state index contributed by atoms with van der Waals surface area (Å²) in [6.07, 6.45) is 4.43. The minimum Gasteiger partial charge on any atom is -0.457 e. The Morgan fingerprint density at radius 2 is 1.76 bits per heavy atom. The molecule has 5 rings (SSSR count). The largest absolute Gasteiger partial charge is 0.457 e. The Balaban J connectivity index is 1.19. The molecule has 234 valence electrons. The molecule has 1 aliphatic carbocycles. The van der Waals surface area contributed by atoms with Crippen molar-refractivity contribution in [3.8, 4) is 11.5 Å². The zero-order chi connectivity index (χ0) is 32.0. The highest BCUT2D eigenvalue weighted by atomic mass is 19.4. The molecule has 1 unspecified atom stereocenters. The van der Waals surface area contributed by atoms with Gasteiger partial charge in [0.15, 0.2) is 0 Å². The van der Waals surface area contributed by atoms with E-state index in [4.69, 9.17) is 9.47 Å². The summed E-state index contributed by atoms with van der Waals surface area (Å²) in [5.41, 5.74) is 5.83. The Morgan fingerprint density at radius 1 is 1.04 bits per heavy atom. The zero-order valence-electron chi connectivity index (χ0n) is 25.2. The molecule has 1 heterocycles. The van der Waals surface area contributed by atoms with E-state index in [9.17, 15) is 22.8 Å². The topological polar surface area (TPSA) is 67.9 Å². The highest BCUT2D eigenvalue weighted by Crippen LogP contribution is 2.31. The van der Waals surface area contributed by atoms with Crippen molar-refractivity contribution in [2.45, 2.75) is 32.4 Å². The van der Waals surface area contributed by atoms with Crippen molar-refractivity contribution in [1.82, 2.24) is 10.2 Å². The lowest BCUT2D eigenvalue weighted by Crippen LogP contribution is -2.33. The van der Waals surface area contributed by atoms with E-state index in [1.165, 1.54) is 12.1 Å². The van der Waals surface area contributed by atoms with Crippen molar-refractivity contribution in [2.75, 3.05) is 33.4 Å². The predicted octanol–water partition coefficient (Wildman–Crippen LogP) is 5.78. The van der Waals surface area contributed by atoms with Crippen LogP contribution in [0.1, 0.15) is 51.1 Å². The van der Waals surface area contributed by atoms with Gasteiger partial charge in [-0.05, 0) is 115 Å². The molecule has 3 aromatic carbocycles. The lowest BCUT2D eigenvalue weighted by molar-refractivity contribution is -0.137. The first kappa shape index (κ1) is 31.8. The number of hydrogen-bond acceptors (Lipinski definition) is 4. The number of amides is 2. The number of fused-ring (bicyclic) bond motifs is 1. The third kappa shape index (κ3) is 7.93. The van der Waals surface area contributed by atoms with Crippen LogP contribution in [0.25, 0.3) is 11.8 Å². The van der Waals surface area contributed by atoms with Crippen molar-refractivity contribution in [3.05, 3.63) is 111 Å². The summed E-state index contributed by atoms with van der Waals surface area (Å²) in [5, 5.41) is 4.83. The fourth-order valence-electron chi connectivity index (χ4n) is 5.54. The molecule has 0 aromatic heterocycles. The summed E-state index contributed by atoms with van der Waals surface area (Å²) < 4.78 is 49.1. The Labute approximate surface area is 260 Å². The minimum absolute atomic E-state index is 0.0642. The second-order valence-corrected chi connectivity index (χ2v) is 11.2. The van der Waals surface area contributed by atoms with Crippen LogP contribution < -0.4 is 20.5 Å². The van der Waals surface area contributed by atoms with Gasteiger partial charge in [0.05, 0.1) is 12.2 Å². The van der Waals surface area contributed by atoms with Crippen LogP contribution in [0.15, 0.2) is 78.4 Å². The SMILES string of the molecule is COCCNC(=O)c1ccc2c(c1C)=CC(=CCC1CCN(C(=O)c3ccc(Oc4ccc(C(F)(F)F)cc4)cc3)C1)CC=C=2. The molecule has 2 amide bonds. The quantitative estimate of drug-likeness (QED) is 0.310. The number of hydrogen-bond donors (Lipinski definition) is 1. The van der Waals surface area contributed by atoms with E-state index in [1.54, 1.807) is 31.4 Å². The second-order valence-electron chi connectivity index (χ2n) is 11.2. The van der Waals surface area contributed by atoms with Gasteiger partial charge in [0.25, 0.3) is 11.8 Å². The average molecular weight is 617 g/mol. The normalized spacial score (nSPS) is 16.9. The predicted molar refractivity (Wildman–Crippen MR) is 166 cm³/mol. The van der Waals surface area contributed by atoms with Gasteiger partial charge in [-0.25, -0.2) is 0 Å². The van der Waals surface area contributed by atoms with E-state index >= 15 is 0 Å². The van der Waals surface area contributed by atoms with Gasteiger partial charge in [0.1, 0.15) is 11.5 Å². The monoisotopic (exact) mass is 616 g/mol. The number of ether oxygens (including phenoxy) is 2. The molecule has 1 N–H and O–H groups in total. The van der Waals surface area contributed by atoms with Gasteiger partial charge in [-0.2, -0.15) is 13.2 Å². The van der Waals surface area contributed by atoms with Crippen LogP contribution in [-0.4, -0.2) is 50.1 Å². The molecule has 1 saturated heterocycles. The molecule has 0 radical (unpaired) electrons. The number of carbonyl (C=O) groups is 2. The van der Waals surface area contributed by atoms with Crippen molar-refractivity contribution < 1.29 is 32.2 Å². The molecular formula is C36H35F3N2O4. The average Bonchev–Trinajstić information content (AvgIpc) is 3.40. The van der Waals surface area contributed by atoms with Crippen LogP contribution in [0.2, 0.25) is 0 Å². The molecule has 2 aliphatic rings. The van der Waals surface area contributed by atoms with Crippen LogP contribution >= 0.6 is 0 Å². The second kappa shape index (κ2) is 14.0. The first-order valence-electron chi connectivity index (χ1n) is 14.9. The number of alkyl halides is 3. The lowest BCUT2D eigenvalue weighted by Gasteiger charge is -2.17. The highest BCUT2D eigenvalue weighted by molar-refractivity contribution is 5.96. The smallest absolute Gasteiger partial charge is 0.416 e. The van der Waals surface area contributed by atoms with E-state index < -0.39 is 11.7 Å². The molecule has 6 nitrogen and oxygen atoms in total.